The van der Waals surface area contributed by atoms with Gasteiger partial charge < -0.3 is 20.2 Å². The molecular formula is C18H28N4O2. The van der Waals surface area contributed by atoms with Crippen LogP contribution in [0.2, 0.25) is 0 Å². The van der Waals surface area contributed by atoms with Crippen molar-refractivity contribution in [2.45, 2.75) is 45.2 Å². The van der Waals surface area contributed by atoms with Crippen LogP contribution in [0.4, 0.5) is 10.6 Å². The number of carbonyl (C=O) groups is 1. The first kappa shape index (κ1) is 17.0. The Kier molecular flexibility index (Phi) is 5.56. The monoisotopic (exact) mass is 332 g/mol. The zero-order chi connectivity index (χ0) is 16.9. The zero-order valence-corrected chi connectivity index (χ0v) is 14.4. The summed E-state index contributed by atoms with van der Waals surface area (Å²) in [6, 6.07) is 4.29. The highest BCUT2D eigenvalue weighted by molar-refractivity contribution is 5.74. The second-order valence-electron chi connectivity index (χ2n) is 7.00. The zero-order valence-electron chi connectivity index (χ0n) is 14.4. The quantitative estimate of drug-likeness (QED) is 0.836. The molecule has 3 rings (SSSR count). The van der Waals surface area contributed by atoms with Gasteiger partial charge in [-0.15, -0.1) is 0 Å². The van der Waals surface area contributed by atoms with E-state index < -0.39 is 0 Å². The number of aromatic nitrogens is 1. The molecule has 2 N–H and O–H groups in total. The highest BCUT2D eigenvalue weighted by Gasteiger charge is 2.31. The van der Waals surface area contributed by atoms with Gasteiger partial charge in [0.2, 0.25) is 0 Å². The van der Waals surface area contributed by atoms with Crippen molar-refractivity contribution in [1.29, 1.82) is 0 Å². The van der Waals surface area contributed by atoms with E-state index in [1.165, 1.54) is 12.8 Å². The number of nitrogens with zero attached hydrogens (tertiary/aromatic N) is 3. The molecule has 24 heavy (non-hydrogen) atoms. The predicted octanol–water partition coefficient (Wildman–Crippen LogP) is 1.98. The summed E-state index contributed by atoms with van der Waals surface area (Å²) in [6.07, 6.45) is 6.38. The highest BCUT2D eigenvalue weighted by atomic mass is 16.3. The van der Waals surface area contributed by atoms with Gasteiger partial charge in [-0.1, -0.05) is 13.0 Å². The third-order valence-electron chi connectivity index (χ3n) is 4.95. The molecule has 0 aromatic carbocycles. The van der Waals surface area contributed by atoms with Gasteiger partial charge in [-0.3, -0.25) is 0 Å². The summed E-state index contributed by atoms with van der Waals surface area (Å²) >= 11 is 0. The number of urea groups is 1. The fraction of sp³-hybridized carbons (Fsp3) is 0.667. The number of aliphatic hydroxyl groups is 1. The van der Waals surface area contributed by atoms with E-state index in [-0.39, 0.29) is 12.6 Å². The van der Waals surface area contributed by atoms with Gasteiger partial charge in [-0.2, -0.15) is 0 Å². The van der Waals surface area contributed by atoms with E-state index in [2.05, 4.69) is 22.1 Å². The minimum atomic E-state index is -0.0966. The number of pyridine rings is 1. The van der Waals surface area contributed by atoms with Crippen LogP contribution < -0.4 is 10.2 Å². The number of anilines is 1. The molecule has 1 aromatic heterocycles. The van der Waals surface area contributed by atoms with Crippen molar-refractivity contribution in [2.75, 3.05) is 31.1 Å². The molecule has 2 aliphatic rings. The second-order valence-corrected chi connectivity index (χ2v) is 7.00. The number of rotatable bonds is 6. The van der Waals surface area contributed by atoms with Crippen molar-refractivity contribution in [1.82, 2.24) is 15.2 Å². The normalized spacial score (nSPS) is 18.5. The maximum atomic E-state index is 12.2. The van der Waals surface area contributed by atoms with Gasteiger partial charge in [-0.05, 0) is 43.2 Å². The Bertz CT molecular complexity index is 536. The Balaban J connectivity index is 1.49. The molecule has 132 valence electrons. The first-order valence-corrected chi connectivity index (χ1v) is 9.02. The largest absolute Gasteiger partial charge is 0.395 e. The number of hydrogen-bond donors (Lipinski definition) is 2. The van der Waals surface area contributed by atoms with Crippen molar-refractivity contribution in [3.05, 3.63) is 23.9 Å². The molecule has 0 spiro atoms. The molecule has 1 saturated heterocycles. The summed E-state index contributed by atoms with van der Waals surface area (Å²) in [5.74, 6) is 1.83. The first-order chi connectivity index (χ1) is 11.7. The highest BCUT2D eigenvalue weighted by Crippen LogP contribution is 2.26. The van der Waals surface area contributed by atoms with Gasteiger partial charge >= 0.3 is 6.03 Å². The van der Waals surface area contributed by atoms with Crippen LogP contribution in [0.1, 0.15) is 38.2 Å². The Morgan fingerprint density at radius 3 is 2.67 bits per heavy atom. The lowest BCUT2D eigenvalue weighted by Crippen LogP contribution is -2.42. The van der Waals surface area contributed by atoms with E-state index in [4.69, 9.17) is 5.11 Å². The molecule has 0 atom stereocenters. The predicted molar refractivity (Wildman–Crippen MR) is 93.9 cm³/mol. The molecule has 0 radical (unpaired) electrons. The summed E-state index contributed by atoms with van der Waals surface area (Å²) in [5.41, 5.74) is 0.997. The minimum Gasteiger partial charge on any atom is -0.395 e. The molecule has 1 aliphatic heterocycles. The summed E-state index contributed by atoms with van der Waals surface area (Å²) in [7, 11) is 0. The number of piperidine rings is 1. The smallest absolute Gasteiger partial charge is 0.317 e. The lowest BCUT2D eigenvalue weighted by atomic mass is 9.99. The number of aliphatic hydroxyl groups excluding tert-OH is 1. The number of hydrogen-bond acceptors (Lipinski definition) is 4. The van der Waals surface area contributed by atoms with Crippen molar-refractivity contribution in [2.24, 2.45) is 5.92 Å². The van der Waals surface area contributed by atoms with Gasteiger partial charge in [0.05, 0.1) is 6.61 Å². The van der Waals surface area contributed by atoms with Crippen molar-refractivity contribution in [3.8, 4) is 0 Å². The molecule has 0 unspecified atom stereocenters. The Morgan fingerprint density at radius 2 is 2.08 bits per heavy atom. The molecule has 2 heterocycles. The SMILES string of the molecule is CC1CCN(c2ccc(CNC(=O)N(CCO)C3CC3)cn2)CC1. The van der Waals surface area contributed by atoms with Crippen molar-refractivity contribution >= 4 is 11.8 Å². The summed E-state index contributed by atoms with van der Waals surface area (Å²) in [4.78, 5) is 20.8. The summed E-state index contributed by atoms with van der Waals surface area (Å²) < 4.78 is 0. The van der Waals surface area contributed by atoms with Gasteiger partial charge in [0.1, 0.15) is 5.82 Å². The van der Waals surface area contributed by atoms with Gasteiger partial charge in [0.25, 0.3) is 0 Å². The van der Waals surface area contributed by atoms with E-state index >= 15 is 0 Å². The topological polar surface area (TPSA) is 68.7 Å². The molecule has 0 bridgehead atoms. The number of amides is 2. The molecule has 1 aliphatic carbocycles. The Hall–Kier alpha value is -1.82. The fourth-order valence-corrected chi connectivity index (χ4v) is 3.17. The van der Waals surface area contributed by atoms with Crippen molar-refractivity contribution in [3.63, 3.8) is 0 Å². The summed E-state index contributed by atoms with van der Waals surface area (Å²) in [6.45, 7) is 5.33. The molecule has 1 aromatic rings. The first-order valence-electron chi connectivity index (χ1n) is 9.02. The molecule has 6 nitrogen and oxygen atoms in total. The van der Waals surface area contributed by atoms with Crippen LogP contribution >= 0.6 is 0 Å². The van der Waals surface area contributed by atoms with E-state index in [0.29, 0.717) is 19.1 Å². The van der Waals surface area contributed by atoms with Crippen LogP contribution in [-0.2, 0) is 6.54 Å². The van der Waals surface area contributed by atoms with Crippen LogP contribution in [0.25, 0.3) is 0 Å². The van der Waals surface area contributed by atoms with Crippen LogP contribution in [-0.4, -0.2) is 53.3 Å². The third-order valence-corrected chi connectivity index (χ3v) is 4.95. The van der Waals surface area contributed by atoms with E-state index in [1.54, 1.807) is 4.90 Å². The van der Waals surface area contributed by atoms with E-state index in [1.807, 2.05) is 18.3 Å². The van der Waals surface area contributed by atoms with Crippen molar-refractivity contribution < 1.29 is 9.90 Å². The standard InChI is InChI=1S/C18H28N4O2/c1-14-6-8-21(9-7-14)17-5-2-15(12-19-17)13-20-18(24)22(10-11-23)16-3-4-16/h2,5,12,14,16,23H,3-4,6-11,13H2,1H3,(H,20,24). The van der Waals surface area contributed by atoms with E-state index in [0.717, 1.165) is 43.2 Å². The Labute approximate surface area is 143 Å². The number of carbonyl (C=O) groups excluding carboxylic acids is 1. The van der Waals surface area contributed by atoms with Gasteiger partial charge in [-0.25, -0.2) is 9.78 Å². The second kappa shape index (κ2) is 7.83. The summed E-state index contributed by atoms with van der Waals surface area (Å²) in [5, 5.41) is 12.0. The average molecular weight is 332 g/mol. The molecule has 1 saturated carbocycles. The Morgan fingerprint density at radius 1 is 1.33 bits per heavy atom. The van der Waals surface area contributed by atoms with E-state index in [9.17, 15) is 4.79 Å². The van der Waals surface area contributed by atoms with Gasteiger partial charge in [0.15, 0.2) is 0 Å². The third kappa shape index (κ3) is 4.38. The molecule has 6 heteroatoms. The molecule has 2 fully saturated rings. The van der Waals surface area contributed by atoms with Crippen LogP contribution in [0, 0.1) is 5.92 Å². The van der Waals surface area contributed by atoms with Crippen LogP contribution in [0.15, 0.2) is 18.3 Å². The number of nitrogens with one attached hydrogen (secondary N) is 1. The average Bonchev–Trinajstić information content (AvgIpc) is 3.44. The lowest BCUT2D eigenvalue weighted by Gasteiger charge is -2.31. The molecule has 2 amide bonds. The maximum Gasteiger partial charge on any atom is 0.317 e. The van der Waals surface area contributed by atoms with Gasteiger partial charge in [0, 0.05) is 38.4 Å². The lowest BCUT2D eigenvalue weighted by molar-refractivity contribution is 0.173. The molecular weight excluding hydrogens is 304 g/mol. The fourth-order valence-electron chi connectivity index (χ4n) is 3.17. The maximum absolute atomic E-state index is 12.2. The minimum absolute atomic E-state index is 0.00856. The van der Waals surface area contributed by atoms with Crippen LogP contribution in [0.5, 0.6) is 0 Å². The van der Waals surface area contributed by atoms with Crippen LogP contribution in [0.3, 0.4) is 0 Å².